The van der Waals surface area contributed by atoms with Crippen molar-refractivity contribution in [3.63, 3.8) is 0 Å². The summed E-state index contributed by atoms with van der Waals surface area (Å²) in [5, 5.41) is 0. The number of hydrogen-bond donors (Lipinski definition) is 0. The Morgan fingerprint density at radius 1 is 1.21 bits per heavy atom. The Morgan fingerprint density at radius 3 is 2.42 bits per heavy atom. The summed E-state index contributed by atoms with van der Waals surface area (Å²) in [6, 6.07) is 7.98. The molecule has 0 unspecified atom stereocenters. The average molecular weight is 258 g/mol. The van der Waals surface area contributed by atoms with Gasteiger partial charge in [-0.05, 0) is 39.8 Å². The van der Waals surface area contributed by atoms with Gasteiger partial charge in [0.15, 0.2) is 5.69 Å². The van der Waals surface area contributed by atoms with E-state index in [1.807, 2.05) is 49.6 Å². The molecule has 4 heteroatoms. The lowest BCUT2D eigenvalue weighted by molar-refractivity contribution is 0.0516. The largest absolute Gasteiger partial charge is 0.461 e. The molecule has 0 N–H and O–H groups in total. The highest BCUT2D eigenvalue weighted by Crippen LogP contribution is 2.19. The minimum absolute atomic E-state index is 0.332. The van der Waals surface area contributed by atoms with E-state index in [0.29, 0.717) is 18.0 Å². The predicted molar refractivity (Wildman–Crippen MR) is 73.7 cm³/mol. The number of aryl methyl sites for hydroxylation is 3. The molecule has 0 saturated carbocycles. The van der Waals surface area contributed by atoms with Crippen molar-refractivity contribution in [2.24, 2.45) is 0 Å². The Morgan fingerprint density at radius 2 is 1.84 bits per heavy atom. The predicted octanol–water partition coefficient (Wildman–Crippen LogP) is 2.97. The van der Waals surface area contributed by atoms with Crippen molar-refractivity contribution in [1.29, 1.82) is 0 Å². The van der Waals surface area contributed by atoms with Crippen LogP contribution in [-0.2, 0) is 4.74 Å². The Labute approximate surface area is 113 Å². The summed E-state index contributed by atoms with van der Waals surface area (Å²) in [7, 11) is 0. The van der Waals surface area contributed by atoms with E-state index < -0.39 is 0 Å². The van der Waals surface area contributed by atoms with Crippen molar-refractivity contribution in [3.8, 4) is 5.69 Å². The number of nitrogens with zero attached hydrogens (tertiary/aromatic N) is 2. The summed E-state index contributed by atoms with van der Waals surface area (Å²) in [6.45, 7) is 7.89. The first-order chi connectivity index (χ1) is 9.04. The fourth-order valence-electron chi connectivity index (χ4n) is 2.12. The lowest BCUT2D eigenvalue weighted by Crippen LogP contribution is -2.13. The summed E-state index contributed by atoms with van der Waals surface area (Å²) in [6.07, 6.45) is 0. The molecule has 4 nitrogen and oxygen atoms in total. The molecule has 1 aromatic heterocycles. The van der Waals surface area contributed by atoms with E-state index >= 15 is 0 Å². The number of ether oxygens (including phenoxy) is 1. The van der Waals surface area contributed by atoms with Gasteiger partial charge in [0.25, 0.3) is 0 Å². The zero-order valence-electron chi connectivity index (χ0n) is 11.7. The lowest BCUT2D eigenvalue weighted by Gasteiger charge is -2.10. The van der Waals surface area contributed by atoms with Crippen molar-refractivity contribution in [3.05, 3.63) is 47.0 Å². The minimum atomic E-state index is -0.332. The molecule has 0 atom stereocenters. The number of carbonyl (C=O) groups is 1. The van der Waals surface area contributed by atoms with E-state index in [1.165, 1.54) is 5.56 Å². The van der Waals surface area contributed by atoms with Crippen LogP contribution in [0.1, 0.15) is 34.5 Å². The molecule has 0 aliphatic heterocycles. The second-order valence-electron chi connectivity index (χ2n) is 4.48. The molecule has 100 valence electrons. The molecule has 0 aliphatic carbocycles. The van der Waals surface area contributed by atoms with Gasteiger partial charge in [-0.25, -0.2) is 9.78 Å². The van der Waals surface area contributed by atoms with Crippen molar-refractivity contribution in [2.75, 3.05) is 6.61 Å². The van der Waals surface area contributed by atoms with Crippen LogP contribution in [0.25, 0.3) is 5.69 Å². The average Bonchev–Trinajstić information content (AvgIpc) is 2.65. The molecule has 0 radical (unpaired) electrons. The second kappa shape index (κ2) is 5.26. The minimum Gasteiger partial charge on any atom is -0.461 e. The first-order valence-corrected chi connectivity index (χ1v) is 6.34. The van der Waals surface area contributed by atoms with Gasteiger partial charge in [0, 0.05) is 5.69 Å². The van der Waals surface area contributed by atoms with Crippen LogP contribution in [0, 0.1) is 20.8 Å². The zero-order chi connectivity index (χ0) is 14.0. The van der Waals surface area contributed by atoms with Gasteiger partial charge >= 0.3 is 5.97 Å². The number of benzene rings is 1. The van der Waals surface area contributed by atoms with E-state index in [4.69, 9.17) is 4.74 Å². The van der Waals surface area contributed by atoms with Crippen LogP contribution in [-0.4, -0.2) is 22.1 Å². The maximum atomic E-state index is 12.1. The first kappa shape index (κ1) is 13.3. The van der Waals surface area contributed by atoms with Crippen molar-refractivity contribution in [2.45, 2.75) is 27.7 Å². The fraction of sp³-hybridized carbons (Fsp3) is 0.333. The third kappa shape index (κ3) is 2.52. The molecule has 0 bridgehead atoms. The summed E-state index contributed by atoms with van der Waals surface area (Å²) in [4.78, 5) is 16.4. The third-order valence-corrected chi connectivity index (χ3v) is 2.98. The Hall–Kier alpha value is -2.10. The number of imidazole rings is 1. The molecule has 19 heavy (non-hydrogen) atoms. The zero-order valence-corrected chi connectivity index (χ0v) is 11.7. The topological polar surface area (TPSA) is 44.1 Å². The quantitative estimate of drug-likeness (QED) is 0.795. The van der Waals surface area contributed by atoms with E-state index in [-0.39, 0.29) is 5.97 Å². The van der Waals surface area contributed by atoms with E-state index in [9.17, 15) is 4.79 Å². The monoisotopic (exact) mass is 258 g/mol. The number of aromatic nitrogens is 2. The number of carbonyl (C=O) groups excluding carboxylic acids is 1. The fourth-order valence-corrected chi connectivity index (χ4v) is 2.12. The lowest BCUT2D eigenvalue weighted by atomic mass is 10.2. The van der Waals surface area contributed by atoms with Crippen LogP contribution in [0.3, 0.4) is 0 Å². The Bertz CT molecular complexity index is 597. The van der Waals surface area contributed by atoms with E-state index in [0.717, 1.165) is 11.5 Å². The van der Waals surface area contributed by atoms with Crippen molar-refractivity contribution < 1.29 is 9.53 Å². The third-order valence-electron chi connectivity index (χ3n) is 2.98. The number of rotatable bonds is 3. The van der Waals surface area contributed by atoms with Gasteiger partial charge in [-0.1, -0.05) is 17.7 Å². The highest BCUT2D eigenvalue weighted by Gasteiger charge is 2.20. The highest BCUT2D eigenvalue weighted by molar-refractivity contribution is 5.89. The smallest absolute Gasteiger partial charge is 0.357 e. The van der Waals surface area contributed by atoms with Gasteiger partial charge in [0.05, 0.1) is 12.3 Å². The van der Waals surface area contributed by atoms with Gasteiger partial charge in [0.2, 0.25) is 0 Å². The van der Waals surface area contributed by atoms with E-state index in [2.05, 4.69) is 4.98 Å². The summed E-state index contributed by atoms with van der Waals surface area (Å²) >= 11 is 0. The highest BCUT2D eigenvalue weighted by atomic mass is 16.5. The Kier molecular flexibility index (Phi) is 3.69. The standard InChI is InChI=1S/C15H18N2O2/c1-5-19-15(18)14-11(3)16-12(4)17(14)13-8-6-10(2)7-9-13/h6-9H,5H2,1-4H3. The second-order valence-corrected chi connectivity index (χ2v) is 4.48. The summed E-state index contributed by atoms with van der Waals surface area (Å²) in [5.41, 5.74) is 3.29. The first-order valence-electron chi connectivity index (χ1n) is 6.34. The molecule has 1 heterocycles. The molecule has 0 saturated heterocycles. The molecule has 0 spiro atoms. The van der Waals surface area contributed by atoms with Crippen LogP contribution in [0.4, 0.5) is 0 Å². The van der Waals surface area contributed by atoms with Crippen LogP contribution in [0.5, 0.6) is 0 Å². The molecular formula is C15H18N2O2. The van der Waals surface area contributed by atoms with E-state index in [1.54, 1.807) is 6.92 Å². The van der Waals surface area contributed by atoms with Gasteiger partial charge in [-0.3, -0.25) is 4.57 Å². The van der Waals surface area contributed by atoms with Crippen molar-refractivity contribution in [1.82, 2.24) is 9.55 Å². The SMILES string of the molecule is CCOC(=O)c1c(C)nc(C)n1-c1ccc(C)cc1. The number of hydrogen-bond acceptors (Lipinski definition) is 3. The molecule has 1 aromatic carbocycles. The maximum absolute atomic E-state index is 12.1. The summed E-state index contributed by atoms with van der Waals surface area (Å²) in [5.74, 6) is 0.450. The molecule has 0 aliphatic rings. The molecule has 0 fully saturated rings. The van der Waals surface area contributed by atoms with Crippen LogP contribution in [0.2, 0.25) is 0 Å². The normalized spacial score (nSPS) is 10.5. The van der Waals surface area contributed by atoms with Crippen molar-refractivity contribution >= 4 is 5.97 Å². The van der Waals surface area contributed by atoms with Crippen LogP contribution >= 0.6 is 0 Å². The molecule has 2 aromatic rings. The molecule has 2 rings (SSSR count). The van der Waals surface area contributed by atoms with Crippen LogP contribution < -0.4 is 0 Å². The van der Waals surface area contributed by atoms with Crippen LogP contribution in [0.15, 0.2) is 24.3 Å². The van der Waals surface area contributed by atoms with Gasteiger partial charge < -0.3 is 4.74 Å². The van der Waals surface area contributed by atoms with Gasteiger partial charge in [-0.15, -0.1) is 0 Å². The Balaban J connectivity index is 2.56. The maximum Gasteiger partial charge on any atom is 0.357 e. The molecule has 0 amide bonds. The summed E-state index contributed by atoms with van der Waals surface area (Å²) < 4.78 is 6.95. The number of esters is 1. The van der Waals surface area contributed by atoms with Gasteiger partial charge in [-0.2, -0.15) is 0 Å². The molecular weight excluding hydrogens is 240 g/mol. The van der Waals surface area contributed by atoms with Gasteiger partial charge in [0.1, 0.15) is 5.82 Å².